The number of likely N-dealkylation sites (tertiary alicyclic amines) is 1. The first kappa shape index (κ1) is 8.02. The lowest BCUT2D eigenvalue weighted by Gasteiger charge is -2.12. The summed E-state index contributed by atoms with van der Waals surface area (Å²) in [5, 5.41) is 0. The summed E-state index contributed by atoms with van der Waals surface area (Å²) in [4.78, 5) is 2.45. The van der Waals surface area contributed by atoms with Crippen molar-refractivity contribution in [3.05, 3.63) is 0 Å². The van der Waals surface area contributed by atoms with Crippen molar-refractivity contribution in [1.29, 1.82) is 0 Å². The molecule has 0 radical (unpaired) electrons. The summed E-state index contributed by atoms with van der Waals surface area (Å²) < 4.78 is 0. The molecule has 0 spiro atoms. The SMILES string of the molecule is CC1CN(CCN)CC1C. The molecule has 2 heteroatoms. The van der Waals surface area contributed by atoms with Crippen LogP contribution in [0.5, 0.6) is 0 Å². The summed E-state index contributed by atoms with van der Waals surface area (Å²) in [6.07, 6.45) is 0. The van der Waals surface area contributed by atoms with Crippen LogP contribution in [0.25, 0.3) is 0 Å². The van der Waals surface area contributed by atoms with Gasteiger partial charge < -0.3 is 10.6 Å². The van der Waals surface area contributed by atoms with E-state index in [4.69, 9.17) is 5.73 Å². The lowest BCUT2D eigenvalue weighted by Crippen LogP contribution is -2.27. The van der Waals surface area contributed by atoms with Gasteiger partial charge in [0.25, 0.3) is 0 Å². The van der Waals surface area contributed by atoms with Gasteiger partial charge in [0.1, 0.15) is 0 Å². The predicted molar refractivity (Wildman–Crippen MR) is 43.8 cm³/mol. The monoisotopic (exact) mass is 142 g/mol. The van der Waals surface area contributed by atoms with Gasteiger partial charge in [-0.05, 0) is 11.8 Å². The largest absolute Gasteiger partial charge is 0.329 e. The van der Waals surface area contributed by atoms with Crippen molar-refractivity contribution in [2.45, 2.75) is 13.8 Å². The first-order chi connectivity index (χ1) is 4.74. The minimum Gasteiger partial charge on any atom is -0.329 e. The zero-order chi connectivity index (χ0) is 7.56. The predicted octanol–water partition coefficient (Wildman–Crippen LogP) is 0.533. The van der Waals surface area contributed by atoms with Crippen LogP contribution >= 0.6 is 0 Å². The van der Waals surface area contributed by atoms with E-state index in [1.54, 1.807) is 0 Å². The number of hydrogen-bond acceptors (Lipinski definition) is 2. The number of nitrogens with two attached hydrogens (primary N) is 1. The molecular formula is C8H18N2. The van der Waals surface area contributed by atoms with Crippen LogP contribution in [0.15, 0.2) is 0 Å². The smallest absolute Gasteiger partial charge is 0.0105 e. The van der Waals surface area contributed by atoms with Crippen LogP contribution in [0.4, 0.5) is 0 Å². The lowest BCUT2D eigenvalue weighted by molar-refractivity contribution is 0.333. The summed E-state index contributed by atoms with van der Waals surface area (Å²) in [6.45, 7) is 9.02. The van der Waals surface area contributed by atoms with Gasteiger partial charge in [0.2, 0.25) is 0 Å². The Hall–Kier alpha value is -0.0800. The Morgan fingerprint density at radius 1 is 1.30 bits per heavy atom. The van der Waals surface area contributed by atoms with E-state index >= 15 is 0 Å². The lowest BCUT2D eigenvalue weighted by atomic mass is 10.0. The molecule has 0 aliphatic carbocycles. The van der Waals surface area contributed by atoms with E-state index in [0.717, 1.165) is 24.9 Å². The van der Waals surface area contributed by atoms with Crippen LogP contribution < -0.4 is 5.73 Å². The second-order valence-corrected chi connectivity index (χ2v) is 3.50. The van der Waals surface area contributed by atoms with Gasteiger partial charge in [-0.15, -0.1) is 0 Å². The molecule has 10 heavy (non-hydrogen) atoms. The van der Waals surface area contributed by atoms with Crippen LogP contribution in [-0.4, -0.2) is 31.1 Å². The number of hydrogen-bond donors (Lipinski definition) is 1. The van der Waals surface area contributed by atoms with Crippen LogP contribution in [0.2, 0.25) is 0 Å². The van der Waals surface area contributed by atoms with Gasteiger partial charge in [-0.3, -0.25) is 0 Å². The second kappa shape index (κ2) is 3.35. The van der Waals surface area contributed by atoms with Crippen molar-refractivity contribution in [2.75, 3.05) is 26.2 Å². The first-order valence-electron chi connectivity index (χ1n) is 4.16. The van der Waals surface area contributed by atoms with E-state index in [2.05, 4.69) is 18.7 Å². The van der Waals surface area contributed by atoms with Crippen molar-refractivity contribution >= 4 is 0 Å². The zero-order valence-electron chi connectivity index (χ0n) is 7.01. The Morgan fingerprint density at radius 3 is 2.20 bits per heavy atom. The Kier molecular flexibility index (Phi) is 2.69. The molecule has 2 atom stereocenters. The summed E-state index contributed by atoms with van der Waals surface area (Å²) in [7, 11) is 0. The fourth-order valence-corrected chi connectivity index (χ4v) is 1.61. The average molecular weight is 142 g/mol. The standard InChI is InChI=1S/C8H18N2/c1-7-5-10(4-3-9)6-8(7)2/h7-8H,3-6,9H2,1-2H3. The summed E-state index contributed by atoms with van der Waals surface area (Å²) in [6, 6.07) is 0. The molecule has 1 rings (SSSR count). The highest BCUT2D eigenvalue weighted by atomic mass is 15.2. The van der Waals surface area contributed by atoms with Crippen LogP contribution in [0.1, 0.15) is 13.8 Å². The molecule has 0 bridgehead atoms. The molecule has 1 aliphatic rings. The Morgan fingerprint density at radius 2 is 1.80 bits per heavy atom. The molecule has 1 heterocycles. The third-order valence-electron chi connectivity index (χ3n) is 2.51. The van der Waals surface area contributed by atoms with Crippen LogP contribution in [-0.2, 0) is 0 Å². The normalized spacial score (nSPS) is 35.1. The van der Waals surface area contributed by atoms with E-state index in [1.807, 2.05) is 0 Å². The van der Waals surface area contributed by atoms with Gasteiger partial charge in [-0.25, -0.2) is 0 Å². The van der Waals surface area contributed by atoms with Gasteiger partial charge in [0, 0.05) is 26.2 Å². The third-order valence-corrected chi connectivity index (χ3v) is 2.51. The van der Waals surface area contributed by atoms with Crippen LogP contribution in [0, 0.1) is 11.8 Å². The minimum atomic E-state index is 0.805. The topological polar surface area (TPSA) is 29.3 Å². The Labute approximate surface area is 63.4 Å². The molecule has 0 amide bonds. The van der Waals surface area contributed by atoms with E-state index in [1.165, 1.54) is 13.1 Å². The number of nitrogens with zero attached hydrogens (tertiary/aromatic N) is 1. The summed E-state index contributed by atoms with van der Waals surface area (Å²) in [5.74, 6) is 1.73. The van der Waals surface area contributed by atoms with Crippen molar-refractivity contribution < 1.29 is 0 Å². The molecule has 1 fully saturated rings. The molecule has 1 aliphatic heterocycles. The second-order valence-electron chi connectivity index (χ2n) is 3.50. The van der Waals surface area contributed by atoms with Crippen LogP contribution in [0.3, 0.4) is 0 Å². The molecule has 60 valence electrons. The van der Waals surface area contributed by atoms with E-state index in [9.17, 15) is 0 Å². The molecule has 1 saturated heterocycles. The zero-order valence-corrected chi connectivity index (χ0v) is 7.01. The highest BCUT2D eigenvalue weighted by Gasteiger charge is 2.24. The van der Waals surface area contributed by atoms with Gasteiger partial charge in [0.15, 0.2) is 0 Å². The maximum absolute atomic E-state index is 5.46. The Balaban J connectivity index is 2.27. The number of rotatable bonds is 2. The highest BCUT2D eigenvalue weighted by Crippen LogP contribution is 2.20. The molecule has 0 aromatic carbocycles. The van der Waals surface area contributed by atoms with Crippen molar-refractivity contribution in [3.63, 3.8) is 0 Å². The fourth-order valence-electron chi connectivity index (χ4n) is 1.61. The maximum atomic E-state index is 5.46. The quantitative estimate of drug-likeness (QED) is 0.609. The van der Waals surface area contributed by atoms with E-state index in [-0.39, 0.29) is 0 Å². The minimum absolute atomic E-state index is 0.805. The van der Waals surface area contributed by atoms with E-state index < -0.39 is 0 Å². The molecule has 0 aromatic rings. The van der Waals surface area contributed by atoms with Gasteiger partial charge in [-0.2, -0.15) is 0 Å². The van der Waals surface area contributed by atoms with E-state index in [0.29, 0.717) is 0 Å². The Bertz CT molecular complexity index is 93.4. The average Bonchev–Trinajstić information content (AvgIpc) is 2.14. The van der Waals surface area contributed by atoms with Gasteiger partial charge >= 0.3 is 0 Å². The van der Waals surface area contributed by atoms with Crippen molar-refractivity contribution in [1.82, 2.24) is 4.90 Å². The molecule has 2 nitrogen and oxygen atoms in total. The summed E-state index contributed by atoms with van der Waals surface area (Å²) >= 11 is 0. The van der Waals surface area contributed by atoms with Crippen molar-refractivity contribution in [2.24, 2.45) is 17.6 Å². The molecule has 0 aromatic heterocycles. The van der Waals surface area contributed by atoms with Gasteiger partial charge in [0.05, 0.1) is 0 Å². The summed E-state index contributed by atoms with van der Waals surface area (Å²) in [5.41, 5.74) is 5.46. The maximum Gasteiger partial charge on any atom is 0.0105 e. The first-order valence-corrected chi connectivity index (χ1v) is 4.16. The third kappa shape index (κ3) is 1.70. The molecule has 0 saturated carbocycles. The van der Waals surface area contributed by atoms with Gasteiger partial charge in [-0.1, -0.05) is 13.8 Å². The molecular weight excluding hydrogens is 124 g/mol. The highest BCUT2D eigenvalue weighted by molar-refractivity contribution is 4.78. The van der Waals surface area contributed by atoms with Crippen molar-refractivity contribution in [3.8, 4) is 0 Å². The molecule has 2 N–H and O–H groups in total. The fraction of sp³-hybridized carbons (Fsp3) is 1.00. The molecule has 2 unspecified atom stereocenters.